The van der Waals surface area contributed by atoms with E-state index in [-0.39, 0.29) is 28.6 Å². The van der Waals surface area contributed by atoms with Crippen molar-refractivity contribution in [3.05, 3.63) is 52.0 Å². The van der Waals surface area contributed by atoms with E-state index in [1.807, 2.05) is 0 Å². The smallest absolute Gasteiger partial charge is 0.340 e. The third kappa shape index (κ3) is 6.10. The van der Waals surface area contributed by atoms with Crippen LogP contribution in [-0.2, 0) is 19.6 Å². The number of sulfonamides is 1. The molecule has 0 radical (unpaired) electrons. The van der Waals surface area contributed by atoms with Crippen LogP contribution in [0, 0.1) is 0 Å². The minimum atomic E-state index is -3.79. The zero-order valence-corrected chi connectivity index (χ0v) is 19.5. The molecule has 2 aromatic rings. The van der Waals surface area contributed by atoms with Gasteiger partial charge in [-0.25, -0.2) is 13.2 Å². The first-order valence-electron chi connectivity index (χ1n) is 9.24. The lowest BCUT2D eigenvalue weighted by Crippen LogP contribution is -2.30. The Morgan fingerprint density at radius 1 is 1.03 bits per heavy atom. The van der Waals surface area contributed by atoms with E-state index in [1.54, 1.807) is 26.0 Å². The number of ether oxygens (including phenoxy) is 2. The molecule has 11 heteroatoms. The minimum Gasteiger partial charge on any atom is -0.495 e. The highest BCUT2D eigenvalue weighted by molar-refractivity contribution is 7.89. The highest BCUT2D eigenvalue weighted by atomic mass is 35.5. The Hall–Kier alpha value is -2.33. The average Bonchev–Trinajstić information content (AvgIpc) is 2.73. The van der Waals surface area contributed by atoms with E-state index < -0.39 is 28.5 Å². The molecule has 0 aliphatic rings. The lowest BCUT2D eigenvalue weighted by molar-refractivity contribution is -0.119. The van der Waals surface area contributed by atoms with Gasteiger partial charge < -0.3 is 14.8 Å². The van der Waals surface area contributed by atoms with E-state index in [9.17, 15) is 18.0 Å². The number of nitrogens with zero attached hydrogens (tertiary/aromatic N) is 1. The molecule has 0 unspecified atom stereocenters. The number of nitrogens with one attached hydrogen (secondary N) is 1. The molecule has 0 saturated heterocycles. The first kappa shape index (κ1) is 24.9. The normalized spacial score (nSPS) is 11.3. The van der Waals surface area contributed by atoms with Crippen molar-refractivity contribution in [2.24, 2.45) is 0 Å². The maximum Gasteiger partial charge on any atom is 0.340 e. The molecule has 1 amide bonds. The number of hydrogen-bond donors (Lipinski definition) is 1. The summed E-state index contributed by atoms with van der Waals surface area (Å²) in [5.74, 6) is -1.09. The predicted octanol–water partition coefficient (Wildman–Crippen LogP) is 3.83. The van der Waals surface area contributed by atoms with Crippen LogP contribution in [0.25, 0.3) is 0 Å². The van der Waals surface area contributed by atoms with Gasteiger partial charge in [-0.1, -0.05) is 37.0 Å². The van der Waals surface area contributed by atoms with E-state index in [1.165, 1.54) is 29.6 Å². The van der Waals surface area contributed by atoms with Crippen LogP contribution in [0.15, 0.2) is 41.3 Å². The molecule has 2 rings (SSSR count). The zero-order chi connectivity index (χ0) is 23.2. The fourth-order valence-electron chi connectivity index (χ4n) is 2.68. The Kier molecular flexibility index (Phi) is 8.69. The molecule has 0 bridgehead atoms. The Balaban J connectivity index is 2.10. The first-order chi connectivity index (χ1) is 14.6. The van der Waals surface area contributed by atoms with E-state index in [0.29, 0.717) is 16.5 Å². The highest BCUT2D eigenvalue weighted by Crippen LogP contribution is 2.27. The summed E-state index contributed by atoms with van der Waals surface area (Å²) >= 11 is 12.0. The summed E-state index contributed by atoms with van der Waals surface area (Å²) in [6, 6.07) is 8.38. The highest BCUT2D eigenvalue weighted by Gasteiger charge is 2.24. The maximum absolute atomic E-state index is 12.7. The number of rotatable bonds is 9. The van der Waals surface area contributed by atoms with Crippen molar-refractivity contribution in [2.45, 2.75) is 18.7 Å². The number of esters is 1. The molecule has 0 saturated carbocycles. The predicted molar refractivity (Wildman–Crippen MR) is 118 cm³/mol. The molecular weight excluding hydrogens is 467 g/mol. The number of hydrogen-bond acceptors (Lipinski definition) is 6. The van der Waals surface area contributed by atoms with Gasteiger partial charge in [0.05, 0.1) is 27.6 Å². The van der Waals surface area contributed by atoms with Crippen molar-refractivity contribution < 1.29 is 27.5 Å². The number of halogens is 2. The summed E-state index contributed by atoms with van der Waals surface area (Å²) in [7, 11) is -2.33. The number of benzene rings is 2. The third-order valence-corrected chi connectivity index (χ3v) is 6.94. The standard InChI is InChI=1S/C20H22Cl2N2O6S/c1-4-24(5-2)31(27,28)14-7-8-16(21)15(11-14)20(26)30-12-19(25)23-13-6-9-18(29-3)17(22)10-13/h6-11H,4-5,12H2,1-3H3,(H,23,25). The van der Waals surface area contributed by atoms with Gasteiger partial charge in [-0.05, 0) is 36.4 Å². The first-order valence-corrected chi connectivity index (χ1v) is 11.4. The monoisotopic (exact) mass is 488 g/mol. The van der Waals surface area contributed by atoms with E-state index in [4.69, 9.17) is 32.7 Å². The Morgan fingerprint density at radius 3 is 2.29 bits per heavy atom. The summed E-state index contributed by atoms with van der Waals surface area (Å²) in [5.41, 5.74) is 0.229. The maximum atomic E-state index is 12.7. The summed E-state index contributed by atoms with van der Waals surface area (Å²) < 4.78 is 36.6. The fraction of sp³-hybridized carbons (Fsp3) is 0.300. The summed E-state index contributed by atoms with van der Waals surface area (Å²) in [6.45, 7) is 3.36. The number of carbonyl (C=O) groups is 2. The van der Waals surface area contributed by atoms with Gasteiger partial charge in [0.25, 0.3) is 5.91 Å². The number of amides is 1. The molecular formula is C20H22Cl2N2O6S. The van der Waals surface area contributed by atoms with Gasteiger partial charge in [-0.15, -0.1) is 0 Å². The number of methoxy groups -OCH3 is 1. The summed E-state index contributed by atoms with van der Waals surface area (Å²) in [6.07, 6.45) is 0. The van der Waals surface area contributed by atoms with Crippen LogP contribution < -0.4 is 10.1 Å². The van der Waals surface area contributed by atoms with Crippen LogP contribution >= 0.6 is 23.2 Å². The lowest BCUT2D eigenvalue weighted by atomic mass is 10.2. The molecule has 31 heavy (non-hydrogen) atoms. The second kappa shape index (κ2) is 10.8. The molecule has 1 N–H and O–H groups in total. The topological polar surface area (TPSA) is 102 Å². The summed E-state index contributed by atoms with van der Waals surface area (Å²) in [4.78, 5) is 24.4. The van der Waals surface area contributed by atoms with Crippen LogP contribution in [0.5, 0.6) is 5.75 Å². The molecule has 8 nitrogen and oxygen atoms in total. The molecule has 0 spiro atoms. The molecule has 0 atom stereocenters. The quantitative estimate of drug-likeness (QED) is 0.538. The number of carbonyl (C=O) groups excluding carboxylic acids is 2. The second-order valence-electron chi connectivity index (χ2n) is 6.20. The van der Waals surface area contributed by atoms with Crippen LogP contribution in [0.1, 0.15) is 24.2 Å². The van der Waals surface area contributed by atoms with Crippen molar-refractivity contribution in [3.63, 3.8) is 0 Å². The van der Waals surface area contributed by atoms with Gasteiger partial charge in [0.15, 0.2) is 6.61 Å². The zero-order valence-electron chi connectivity index (χ0n) is 17.1. The van der Waals surface area contributed by atoms with Crippen molar-refractivity contribution in [2.75, 3.05) is 32.1 Å². The lowest BCUT2D eigenvalue weighted by Gasteiger charge is -2.19. The van der Waals surface area contributed by atoms with E-state index in [0.717, 1.165) is 6.07 Å². The van der Waals surface area contributed by atoms with Crippen molar-refractivity contribution in [1.29, 1.82) is 0 Å². The third-order valence-electron chi connectivity index (χ3n) is 4.27. The van der Waals surface area contributed by atoms with E-state index >= 15 is 0 Å². The SMILES string of the molecule is CCN(CC)S(=O)(=O)c1ccc(Cl)c(C(=O)OCC(=O)Nc2ccc(OC)c(Cl)c2)c1. The number of anilines is 1. The van der Waals surface area contributed by atoms with Gasteiger partial charge in [0, 0.05) is 18.8 Å². The van der Waals surface area contributed by atoms with Gasteiger partial charge in [0.2, 0.25) is 10.0 Å². The molecule has 0 aliphatic carbocycles. The largest absolute Gasteiger partial charge is 0.495 e. The second-order valence-corrected chi connectivity index (χ2v) is 8.96. The van der Waals surface area contributed by atoms with Gasteiger partial charge >= 0.3 is 5.97 Å². The minimum absolute atomic E-state index is 0.00541. The molecule has 0 fully saturated rings. The van der Waals surface area contributed by atoms with Crippen molar-refractivity contribution >= 4 is 50.8 Å². The van der Waals surface area contributed by atoms with Gasteiger partial charge in [0.1, 0.15) is 5.75 Å². The van der Waals surface area contributed by atoms with Crippen LogP contribution in [0.4, 0.5) is 5.69 Å². The van der Waals surface area contributed by atoms with Crippen molar-refractivity contribution in [1.82, 2.24) is 4.31 Å². The Morgan fingerprint density at radius 2 is 1.71 bits per heavy atom. The molecule has 0 aromatic heterocycles. The van der Waals surface area contributed by atoms with Crippen molar-refractivity contribution in [3.8, 4) is 5.75 Å². The summed E-state index contributed by atoms with van der Waals surface area (Å²) in [5, 5.41) is 2.84. The Labute approximate surface area is 191 Å². The molecule has 0 heterocycles. The fourth-order valence-corrected chi connectivity index (χ4v) is 4.62. The van der Waals surface area contributed by atoms with Crippen LogP contribution in [0.3, 0.4) is 0 Å². The molecule has 2 aromatic carbocycles. The van der Waals surface area contributed by atoms with Gasteiger partial charge in [-0.3, -0.25) is 4.79 Å². The molecule has 168 valence electrons. The van der Waals surface area contributed by atoms with Gasteiger partial charge in [-0.2, -0.15) is 4.31 Å². The molecule has 0 aliphatic heterocycles. The van der Waals surface area contributed by atoms with Crippen LogP contribution in [0.2, 0.25) is 10.0 Å². The Bertz CT molecular complexity index is 1070. The van der Waals surface area contributed by atoms with Crippen LogP contribution in [-0.4, -0.2) is 51.4 Å². The van der Waals surface area contributed by atoms with E-state index in [2.05, 4.69) is 5.32 Å². The average molecular weight is 489 g/mol.